The van der Waals surface area contributed by atoms with Crippen LogP contribution < -0.4 is 10.0 Å². The first-order chi connectivity index (χ1) is 8.88. The molecule has 1 aromatic rings. The summed E-state index contributed by atoms with van der Waals surface area (Å²) in [6.07, 6.45) is 4.96. The Morgan fingerprint density at radius 2 is 2.16 bits per heavy atom. The molecule has 0 saturated heterocycles. The number of aromatic nitrogens is 1. The van der Waals surface area contributed by atoms with Gasteiger partial charge in [-0.2, -0.15) is 0 Å². The lowest BCUT2D eigenvalue weighted by molar-refractivity contribution is 0.578. The summed E-state index contributed by atoms with van der Waals surface area (Å²) in [5, 5.41) is 2.77. The van der Waals surface area contributed by atoms with E-state index in [1.807, 2.05) is 6.92 Å². The molecule has 8 heteroatoms. The molecule has 0 aliphatic rings. The highest BCUT2D eigenvalue weighted by molar-refractivity contribution is 7.89. The third-order valence-corrected chi connectivity index (χ3v) is 5.61. The van der Waals surface area contributed by atoms with Gasteiger partial charge in [-0.25, -0.2) is 13.1 Å². The van der Waals surface area contributed by atoms with Crippen molar-refractivity contribution < 1.29 is 12.6 Å². The molecule has 0 aliphatic heterocycles. The summed E-state index contributed by atoms with van der Waals surface area (Å²) in [5.74, 6) is 0. The van der Waals surface area contributed by atoms with Crippen LogP contribution in [0.4, 0.5) is 5.69 Å². The second kappa shape index (κ2) is 6.97. The fourth-order valence-corrected chi connectivity index (χ4v) is 3.09. The minimum absolute atomic E-state index is 0.0413. The van der Waals surface area contributed by atoms with E-state index in [2.05, 4.69) is 15.0 Å². The predicted octanol–water partition coefficient (Wildman–Crippen LogP) is 0.559. The third kappa shape index (κ3) is 4.55. The first-order valence-electron chi connectivity index (χ1n) is 5.82. The summed E-state index contributed by atoms with van der Waals surface area (Å²) in [6.45, 7) is 2.08. The van der Waals surface area contributed by atoms with E-state index in [0.717, 1.165) is 0 Å². The predicted molar refractivity (Wildman–Crippen MR) is 77.1 cm³/mol. The molecule has 1 heterocycles. The van der Waals surface area contributed by atoms with E-state index in [0.29, 0.717) is 12.1 Å². The Labute approximate surface area is 116 Å². The van der Waals surface area contributed by atoms with Crippen LogP contribution >= 0.6 is 0 Å². The molecule has 2 N–H and O–H groups in total. The first kappa shape index (κ1) is 16.1. The van der Waals surface area contributed by atoms with Gasteiger partial charge in [-0.3, -0.25) is 9.19 Å². The number of hydrogen-bond donors (Lipinski definition) is 2. The van der Waals surface area contributed by atoms with Crippen LogP contribution in [0.2, 0.25) is 0 Å². The third-order valence-electron chi connectivity index (χ3n) is 2.75. The van der Waals surface area contributed by atoms with E-state index in [1.165, 1.54) is 12.4 Å². The molecular weight excluding hydrogens is 286 g/mol. The van der Waals surface area contributed by atoms with E-state index in [1.54, 1.807) is 19.4 Å². The van der Waals surface area contributed by atoms with Crippen molar-refractivity contribution in [2.24, 2.45) is 0 Å². The smallest absolute Gasteiger partial charge is 0.244 e. The molecule has 0 spiro atoms. The normalized spacial score (nSPS) is 14.9. The Morgan fingerprint density at radius 3 is 2.74 bits per heavy atom. The van der Waals surface area contributed by atoms with Crippen LogP contribution in [-0.2, 0) is 20.8 Å². The molecule has 19 heavy (non-hydrogen) atoms. The molecule has 108 valence electrons. The Bertz CT molecular complexity index is 546. The summed E-state index contributed by atoms with van der Waals surface area (Å²) < 4.78 is 37.9. The zero-order valence-electron chi connectivity index (χ0n) is 11.2. The molecule has 1 rings (SSSR count). The van der Waals surface area contributed by atoms with Crippen LogP contribution in [-0.4, -0.2) is 42.7 Å². The Morgan fingerprint density at radius 1 is 1.47 bits per heavy atom. The quantitative estimate of drug-likeness (QED) is 0.768. The van der Waals surface area contributed by atoms with Crippen molar-refractivity contribution in [3.63, 3.8) is 0 Å². The SMILES string of the molecule is CNc1ccncc1S(=O)(=O)NCCC(C)S(C)=O. The van der Waals surface area contributed by atoms with Crippen LogP contribution in [0, 0.1) is 0 Å². The average Bonchev–Trinajstić information content (AvgIpc) is 2.38. The van der Waals surface area contributed by atoms with Crippen molar-refractivity contribution in [1.29, 1.82) is 0 Å². The fraction of sp³-hybridized carbons (Fsp3) is 0.545. The minimum atomic E-state index is -3.60. The second-order valence-electron chi connectivity index (χ2n) is 4.12. The molecule has 0 saturated carbocycles. The van der Waals surface area contributed by atoms with Gasteiger partial charge in [-0.05, 0) is 12.5 Å². The summed E-state index contributed by atoms with van der Waals surface area (Å²) in [4.78, 5) is 3.94. The van der Waals surface area contributed by atoms with E-state index in [9.17, 15) is 12.6 Å². The van der Waals surface area contributed by atoms with E-state index in [-0.39, 0.29) is 16.7 Å². The van der Waals surface area contributed by atoms with E-state index < -0.39 is 20.8 Å². The number of hydrogen-bond acceptors (Lipinski definition) is 5. The maximum atomic E-state index is 12.1. The van der Waals surface area contributed by atoms with Crippen molar-refractivity contribution in [2.75, 3.05) is 25.2 Å². The molecule has 2 atom stereocenters. The van der Waals surface area contributed by atoms with Crippen LogP contribution in [0.3, 0.4) is 0 Å². The van der Waals surface area contributed by atoms with Crippen LogP contribution in [0.5, 0.6) is 0 Å². The van der Waals surface area contributed by atoms with E-state index in [4.69, 9.17) is 0 Å². The highest BCUT2D eigenvalue weighted by Crippen LogP contribution is 2.18. The van der Waals surface area contributed by atoms with Crippen molar-refractivity contribution in [3.05, 3.63) is 18.5 Å². The van der Waals surface area contributed by atoms with Gasteiger partial charge in [0.25, 0.3) is 0 Å². The largest absolute Gasteiger partial charge is 0.387 e. The lowest BCUT2D eigenvalue weighted by Gasteiger charge is -2.12. The van der Waals surface area contributed by atoms with Gasteiger partial charge >= 0.3 is 0 Å². The van der Waals surface area contributed by atoms with E-state index >= 15 is 0 Å². The minimum Gasteiger partial charge on any atom is -0.387 e. The van der Waals surface area contributed by atoms with Gasteiger partial charge in [0.15, 0.2) is 0 Å². The van der Waals surface area contributed by atoms with Crippen molar-refractivity contribution in [3.8, 4) is 0 Å². The van der Waals surface area contributed by atoms with Gasteiger partial charge in [0.1, 0.15) is 4.90 Å². The molecule has 6 nitrogen and oxygen atoms in total. The number of pyridine rings is 1. The number of nitrogens with zero attached hydrogens (tertiary/aromatic N) is 1. The van der Waals surface area contributed by atoms with Gasteiger partial charge in [0.2, 0.25) is 10.0 Å². The van der Waals surface area contributed by atoms with Gasteiger partial charge in [-0.15, -0.1) is 0 Å². The van der Waals surface area contributed by atoms with Gasteiger partial charge in [0.05, 0.1) is 5.69 Å². The highest BCUT2D eigenvalue weighted by atomic mass is 32.2. The summed E-state index contributed by atoms with van der Waals surface area (Å²) >= 11 is 0. The van der Waals surface area contributed by atoms with Crippen LogP contribution in [0.25, 0.3) is 0 Å². The molecule has 2 unspecified atom stereocenters. The van der Waals surface area contributed by atoms with Gasteiger partial charge in [-0.1, -0.05) is 6.92 Å². The molecule has 0 amide bonds. The van der Waals surface area contributed by atoms with Crippen molar-refractivity contribution in [1.82, 2.24) is 9.71 Å². The highest BCUT2D eigenvalue weighted by Gasteiger charge is 2.18. The topological polar surface area (TPSA) is 88.2 Å². The number of sulfonamides is 1. The summed E-state index contributed by atoms with van der Waals surface area (Å²) in [7, 11) is -2.90. The molecule has 0 aromatic carbocycles. The number of nitrogens with one attached hydrogen (secondary N) is 2. The lowest BCUT2D eigenvalue weighted by Crippen LogP contribution is -2.28. The standard InChI is InChI=1S/C11H19N3O3S2/c1-9(18(3)15)4-7-14-19(16,17)11-8-13-6-5-10(11)12-2/h5-6,8-9,14H,4,7H2,1-3H3,(H,12,13). The zero-order chi connectivity index (χ0) is 14.5. The second-order valence-corrected chi connectivity index (χ2v) is 7.65. The van der Waals surface area contributed by atoms with Crippen molar-refractivity contribution >= 4 is 26.5 Å². The van der Waals surface area contributed by atoms with Crippen molar-refractivity contribution in [2.45, 2.75) is 23.5 Å². The Hall–Kier alpha value is -0.990. The lowest BCUT2D eigenvalue weighted by atomic mass is 10.3. The maximum absolute atomic E-state index is 12.1. The Balaban J connectivity index is 2.74. The molecule has 0 bridgehead atoms. The molecule has 0 fully saturated rings. The first-order valence-corrected chi connectivity index (χ1v) is 8.92. The van der Waals surface area contributed by atoms with Gasteiger partial charge in [0, 0.05) is 48.3 Å². The van der Waals surface area contributed by atoms with Gasteiger partial charge < -0.3 is 5.32 Å². The Kier molecular flexibility index (Phi) is 5.89. The van der Waals surface area contributed by atoms with Crippen LogP contribution in [0.15, 0.2) is 23.4 Å². The fourth-order valence-electron chi connectivity index (χ4n) is 1.44. The number of rotatable bonds is 7. The number of anilines is 1. The monoisotopic (exact) mass is 305 g/mol. The zero-order valence-corrected chi connectivity index (χ0v) is 12.8. The average molecular weight is 305 g/mol. The summed E-state index contributed by atoms with van der Waals surface area (Å²) in [6, 6.07) is 1.60. The van der Waals surface area contributed by atoms with Crippen LogP contribution in [0.1, 0.15) is 13.3 Å². The molecule has 1 aromatic heterocycles. The molecule has 0 radical (unpaired) electrons. The molecular formula is C11H19N3O3S2. The summed E-state index contributed by atoms with van der Waals surface area (Å²) in [5.41, 5.74) is 0.495. The molecule has 0 aliphatic carbocycles. The maximum Gasteiger partial charge on any atom is 0.244 e.